The van der Waals surface area contributed by atoms with E-state index in [1.54, 1.807) is 30.5 Å². The van der Waals surface area contributed by atoms with Crippen molar-refractivity contribution in [2.75, 3.05) is 13.4 Å². The molecule has 1 aliphatic carbocycles. The van der Waals surface area contributed by atoms with Gasteiger partial charge in [0.05, 0.1) is 5.56 Å². The zero-order valence-electron chi connectivity index (χ0n) is 17.0. The van der Waals surface area contributed by atoms with Crippen LogP contribution < -0.4 is 25.3 Å². The van der Waals surface area contributed by atoms with Gasteiger partial charge in [-0.15, -0.1) is 0 Å². The molecule has 0 atom stereocenters. The third kappa shape index (κ3) is 5.07. The van der Waals surface area contributed by atoms with Gasteiger partial charge in [-0.1, -0.05) is 31.1 Å². The predicted molar refractivity (Wildman–Crippen MR) is 112 cm³/mol. The molecule has 2 amide bonds. The molecule has 2 aromatic rings. The molecule has 1 aliphatic heterocycles. The summed E-state index contributed by atoms with van der Waals surface area (Å²) < 4.78 is 16.2. The van der Waals surface area contributed by atoms with Crippen LogP contribution in [0.25, 0.3) is 0 Å². The molecular weight excluding hydrogens is 398 g/mol. The molecule has 8 heteroatoms. The highest BCUT2D eigenvalue weighted by Gasteiger charge is 2.32. The minimum atomic E-state index is -0.643. The molecule has 0 spiro atoms. The van der Waals surface area contributed by atoms with Gasteiger partial charge in [0.25, 0.3) is 5.91 Å². The number of ether oxygens (including phenoxy) is 3. The van der Waals surface area contributed by atoms with Crippen LogP contribution in [0.1, 0.15) is 48.0 Å². The highest BCUT2D eigenvalue weighted by atomic mass is 16.7. The Kier molecular flexibility index (Phi) is 5.94. The molecule has 0 unspecified atom stereocenters. The first-order valence-electron chi connectivity index (χ1n) is 10.1. The molecule has 0 saturated heterocycles. The number of primary amides is 1. The molecule has 4 rings (SSSR count). The lowest BCUT2D eigenvalue weighted by molar-refractivity contribution is -0.124. The normalized spacial score (nSPS) is 16.0. The van der Waals surface area contributed by atoms with E-state index in [-0.39, 0.29) is 19.3 Å². The van der Waals surface area contributed by atoms with Crippen LogP contribution in [0, 0.1) is 11.8 Å². The van der Waals surface area contributed by atoms with E-state index in [2.05, 4.69) is 22.1 Å². The Hall–Kier alpha value is -3.73. The molecule has 0 bridgehead atoms. The SMILES string of the molecule is NC(=O)c1cncc(C#CC2(NC(=O)COc3ccc4c(c3)OCO4)CCCCC2)c1. The summed E-state index contributed by atoms with van der Waals surface area (Å²) in [5.41, 5.74) is 5.54. The number of fused-ring (bicyclic) bond motifs is 1. The molecule has 1 saturated carbocycles. The van der Waals surface area contributed by atoms with Gasteiger partial charge in [-0.3, -0.25) is 14.6 Å². The number of carbonyl (C=O) groups excluding carboxylic acids is 2. The second-order valence-corrected chi connectivity index (χ2v) is 7.57. The minimum Gasteiger partial charge on any atom is -0.484 e. The Morgan fingerprint density at radius 2 is 1.94 bits per heavy atom. The fourth-order valence-corrected chi connectivity index (χ4v) is 3.69. The molecule has 31 heavy (non-hydrogen) atoms. The van der Waals surface area contributed by atoms with E-state index in [4.69, 9.17) is 19.9 Å². The van der Waals surface area contributed by atoms with Gasteiger partial charge in [-0.25, -0.2) is 0 Å². The number of aromatic nitrogens is 1. The summed E-state index contributed by atoms with van der Waals surface area (Å²) in [6, 6.07) is 6.78. The van der Waals surface area contributed by atoms with Gasteiger partial charge in [-0.2, -0.15) is 0 Å². The molecular formula is C23H23N3O5. The van der Waals surface area contributed by atoms with Crippen molar-refractivity contribution in [1.82, 2.24) is 10.3 Å². The number of amides is 2. The number of benzene rings is 1. The van der Waals surface area contributed by atoms with Crippen molar-refractivity contribution < 1.29 is 23.8 Å². The van der Waals surface area contributed by atoms with Crippen molar-refractivity contribution in [3.63, 3.8) is 0 Å². The number of carbonyl (C=O) groups is 2. The van der Waals surface area contributed by atoms with Crippen LogP contribution in [0.15, 0.2) is 36.7 Å². The number of rotatable bonds is 5. The van der Waals surface area contributed by atoms with Crippen LogP contribution in [0.5, 0.6) is 17.2 Å². The van der Waals surface area contributed by atoms with Gasteiger partial charge in [0.1, 0.15) is 11.3 Å². The second-order valence-electron chi connectivity index (χ2n) is 7.57. The Labute approximate surface area is 180 Å². The maximum Gasteiger partial charge on any atom is 0.259 e. The maximum absolute atomic E-state index is 12.6. The van der Waals surface area contributed by atoms with Crippen molar-refractivity contribution in [1.29, 1.82) is 0 Å². The first kappa shape index (κ1) is 20.5. The van der Waals surface area contributed by atoms with Crippen molar-refractivity contribution in [3.8, 4) is 29.1 Å². The number of pyridine rings is 1. The zero-order valence-corrected chi connectivity index (χ0v) is 17.0. The summed E-state index contributed by atoms with van der Waals surface area (Å²) in [7, 11) is 0. The van der Waals surface area contributed by atoms with E-state index in [1.165, 1.54) is 6.20 Å². The van der Waals surface area contributed by atoms with Crippen LogP contribution in [-0.2, 0) is 4.79 Å². The highest BCUT2D eigenvalue weighted by molar-refractivity contribution is 5.92. The molecule has 2 aliphatic rings. The lowest BCUT2D eigenvalue weighted by atomic mass is 9.82. The van der Waals surface area contributed by atoms with Crippen LogP contribution in [0.4, 0.5) is 0 Å². The van der Waals surface area contributed by atoms with E-state index in [0.29, 0.717) is 28.4 Å². The first-order valence-corrected chi connectivity index (χ1v) is 10.1. The Bertz CT molecular complexity index is 1050. The van der Waals surface area contributed by atoms with Gasteiger partial charge in [0, 0.05) is 24.0 Å². The summed E-state index contributed by atoms with van der Waals surface area (Å²) in [5, 5.41) is 3.06. The average molecular weight is 421 g/mol. The summed E-state index contributed by atoms with van der Waals surface area (Å²) in [6.45, 7) is 0.0418. The molecule has 1 fully saturated rings. The lowest BCUT2D eigenvalue weighted by Gasteiger charge is -2.33. The van der Waals surface area contributed by atoms with E-state index in [0.717, 1.165) is 32.1 Å². The first-order chi connectivity index (χ1) is 15.0. The van der Waals surface area contributed by atoms with Crippen LogP contribution in [-0.4, -0.2) is 35.7 Å². The zero-order chi connectivity index (χ0) is 21.7. The highest BCUT2D eigenvalue weighted by Crippen LogP contribution is 2.35. The topological polar surface area (TPSA) is 113 Å². The number of nitrogens with two attached hydrogens (primary N) is 1. The number of hydrogen-bond donors (Lipinski definition) is 2. The van der Waals surface area contributed by atoms with E-state index in [9.17, 15) is 9.59 Å². The minimum absolute atomic E-state index is 0.137. The van der Waals surface area contributed by atoms with Crippen molar-refractivity contribution in [2.24, 2.45) is 5.73 Å². The second kappa shape index (κ2) is 8.96. The van der Waals surface area contributed by atoms with Crippen LogP contribution in [0.3, 0.4) is 0 Å². The summed E-state index contributed by atoms with van der Waals surface area (Å²) >= 11 is 0. The van der Waals surface area contributed by atoms with Gasteiger partial charge in [-0.05, 0) is 31.0 Å². The number of nitrogens with zero attached hydrogens (tertiary/aromatic N) is 1. The third-order valence-corrected chi connectivity index (χ3v) is 5.27. The van der Waals surface area contributed by atoms with Crippen molar-refractivity contribution >= 4 is 11.8 Å². The fraction of sp³-hybridized carbons (Fsp3) is 0.348. The Balaban J connectivity index is 1.43. The molecule has 160 valence electrons. The standard InChI is InChI=1S/C23H23N3O5/c24-22(28)17-10-16(12-25-13-17)6-9-23(7-2-1-3-8-23)26-21(27)14-29-18-4-5-19-20(11-18)31-15-30-19/h4-5,10-13H,1-3,7-8,14-15H2,(H2,24,28)(H,26,27). The van der Waals surface area contributed by atoms with Crippen LogP contribution in [0.2, 0.25) is 0 Å². The van der Waals surface area contributed by atoms with E-state index in [1.807, 2.05) is 0 Å². The van der Waals surface area contributed by atoms with Crippen LogP contribution >= 0.6 is 0 Å². The smallest absolute Gasteiger partial charge is 0.259 e. The predicted octanol–water partition coefficient (Wildman–Crippen LogP) is 2.16. The van der Waals surface area contributed by atoms with Crippen molar-refractivity contribution in [3.05, 3.63) is 47.8 Å². The average Bonchev–Trinajstić information content (AvgIpc) is 3.25. The van der Waals surface area contributed by atoms with Crippen molar-refractivity contribution in [2.45, 2.75) is 37.6 Å². The van der Waals surface area contributed by atoms with E-state index < -0.39 is 11.4 Å². The summed E-state index contributed by atoms with van der Waals surface area (Å²) in [4.78, 5) is 28.0. The van der Waals surface area contributed by atoms with E-state index >= 15 is 0 Å². The molecule has 2 heterocycles. The molecule has 3 N–H and O–H groups in total. The summed E-state index contributed by atoms with van der Waals surface area (Å²) in [6.07, 6.45) is 7.51. The Morgan fingerprint density at radius 1 is 1.13 bits per heavy atom. The number of hydrogen-bond acceptors (Lipinski definition) is 6. The van der Waals surface area contributed by atoms with Gasteiger partial charge in [0.2, 0.25) is 12.7 Å². The van der Waals surface area contributed by atoms with Gasteiger partial charge in [0.15, 0.2) is 18.1 Å². The largest absolute Gasteiger partial charge is 0.484 e. The quantitative estimate of drug-likeness (QED) is 0.716. The molecule has 0 radical (unpaired) electrons. The Morgan fingerprint density at radius 3 is 2.74 bits per heavy atom. The molecule has 1 aromatic carbocycles. The maximum atomic E-state index is 12.6. The fourth-order valence-electron chi connectivity index (χ4n) is 3.69. The lowest BCUT2D eigenvalue weighted by Crippen LogP contribution is -2.50. The molecule has 1 aromatic heterocycles. The van der Waals surface area contributed by atoms with Gasteiger partial charge < -0.3 is 25.3 Å². The summed E-state index contributed by atoms with van der Waals surface area (Å²) in [5.74, 6) is 7.23. The third-order valence-electron chi connectivity index (χ3n) is 5.27. The molecule has 8 nitrogen and oxygen atoms in total. The van der Waals surface area contributed by atoms with Gasteiger partial charge >= 0.3 is 0 Å². The monoisotopic (exact) mass is 421 g/mol. The number of nitrogens with one attached hydrogen (secondary N) is 1.